The molecule has 0 saturated heterocycles. The summed E-state index contributed by atoms with van der Waals surface area (Å²) in [5, 5.41) is 0. The van der Waals surface area contributed by atoms with Crippen molar-refractivity contribution in [3.63, 3.8) is 0 Å². The fraction of sp³-hybridized carbons (Fsp3) is 0.557. The summed E-state index contributed by atoms with van der Waals surface area (Å²) in [6.45, 7) is 6.26. The largest absolute Gasteiger partial charge is 0.462 e. The second kappa shape index (κ2) is 53.9. The molecule has 0 aromatic carbocycles. The van der Waals surface area contributed by atoms with Crippen molar-refractivity contribution in [1.82, 2.24) is 0 Å². The molecule has 0 aliphatic rings. The predicted octanol–water partition coefficient (Wildman–Crippen LogP) is 17.6. The second-order valence-corrected chi connectivity index (χ2v) is 16.7. The lowest BCUT2D eigenvalue weighted by atomic mass is 10.1. The van der Waals surface area contributed by atoms with Gasteiger partial charge in [0.25, 0.3) is 0 Å². The monoisotopic (exact) mass is 923 g/mol. The summed E-state index contributed by atoms with van der Waals surface area (Å²) in [5.74, 6) is -1.03. The molecule has 0 heterocycles. The van der Waals surface area contributed by atoms with Crippen molar-refractivity contribution in [3.05, 3.63) is 146 Å². The van der Waals surface area contributed by atoms with Crippen LogP contribution in [0.25, 0.3) is 0 Å². The predicted molar refractivity (Wildman–Crippen MR) is 288 cm³/mol. The maximum Gasteiger partial charge on any atom is 0.306 e. The zero-order valence-corrected chi connectivity index (χ0v) is 42.6. The molecule has 0 rings (SSSR count). The van der Waals surface area contributed by atoms with Gasteiger partial charge in [0.15, 0.2) is 6.10 Å². The minimum absolute atomic E-state index is 0.117. The van der Waals surface area contributed by atoms with Crippen molar-refractivity contribution in [2.75, 3.05) is 13.2 Å². The molecule has 1 atom stereocenters. The van der Waals surface area contributed by atoms with E-state index in [1.165, 1.54) is 25.7 Å². The van der Waals surface area contributed by atoms with E-state index >= 15 is 0 Å². The Morgan fingerprint density at radius 2 is 0.597 bits per heavy atom. The van der Waals surface area contributed by atoms with Gasteiger partial charge in [-0.15, -0.1) is 0 Å². The highest BCUT2D eigenvalue weighted by molar-refractivity contribution is 5.71. The van der Waals surface area contributed by atoms with Crippen LogP contribution in [0.2, 0.25) is 0 Å². The summed E-state index contributed by atoms with van der Waals surface area (Å²) in [5.41, 5.74) is 0. The standard InChI is InChI=1S/C61H94O6/c1-4-7-10-13-16-18-20-22-24-26-27-28-29-30-31-32-33-35-36-38-40-42-45-48-51-54-60(63)66-57-58(56-65-59(62)53-50-47-44-15-12-9-6-3)67-61(64)55-52-49-46-43-41-39-37-34-25-23-21-19-17-14-11-8-5-2/h7-8,10-11,16-19,22-25,27-28,30-31,33,35,37-40,43,46,58H,4-6,9,12-15,20-21,26,29,32,34,36,41-42,44-45,47-57H2,1-3H3/b10-7-,11-8-,18-16-,19-17-,24-22-,25-23-,28-27-,31-30-,35-33-,39-37-,40-38-,46-43-. The molecule has 1 unspecified atom stereocenters. The molecule has 0 saturated carbocycles. The third kappa shape index (κ3) is 52.1. The number of allylic oxidation sites excluding steroid dienone is 24. The average Bonchev–Trinajstić information content (AvgIpc) is 3.33. The van der Waals surface area contributed by atoms with Gasteiger partial charge < -0.3 is 14.2 Å². The van der Waals surface area contributed by atoms with Crippen LogP contribution in [-0.2, 0) is 28.6 Å². The molecule has 6 nitrogen and oxygen atoms in total. The molecule has 0 bridgehead atoms. The third-order valence-corrected chi connectivity index (χ3v) is 10.3. The van der Waals surface area contributed by atoms with Crippen LogP contribution in [0.1, 0.15) is 201 Å². The van der Waals surface area contributed by atoms with Gasteiger partial charge in [0.2, 0.25) is 0 Å². The van der Waals surface area contributed by atoms with Crippen molar-refractivity contribution in [2.24, 2.45) is 0 Å². The summed E-state index contributed by atoms with van der Waals surface area (Å²) in [6, 6.07) is 0. The molecule has 0 radical (unpaired) electrons. The number of rotatable bonds is 45. The van der Waals surface area contributed by atoms with E-state index in [0.717, 1.165) is 128 Å². The van der Waals surface area contributed by atoms with E-state index in [1.54, 1.807) is 0 Å². The number of esters is 3. The molecule has 6 heteroatoms. The average molecular weight is 923 g/mol. The molecular formula is C61H94O6. The minimum Gasteiger partial charge on any atom is -0.462 e. The van der Waals surface area contributed by atoms with Crippen LogP contribution in [0.3, 0.4) is 0 Å². The van der Waals surface area contributed by atoms with E-state index in [-0.39, 0.29) is 37.5 Å². The van der Waals surface area contributed by atoms with Crippen LogP contribution in [0, 0.1) is 0 Å². The Morgan fingerprint density at radius 1 is 0.313 bits per heavy atom. The highest BCUT2D eigenvalue weighted by atomic mass is 16.6. The van der Waals surface area contributed by atoms with Gasteiger partial charge in [-0.2, -0.15) is 0 Å². The molecule has 67 heavy (non-hydrogen) atoms. The van der Waals surface area contributed by atoms with Gasteiger partial charge in [-0.1, -0.05) is 212 Å². The van der Waals surface area contributed by atoms with Crippen molar-refractivity contribution in [2.45, 2.75) is 207 Å². The summed E-state index contributed by atoms with van der Waals surface area (Å²) in [7, 11) is 0. The Kier molecular flexibility index (Phi) is 50.1. The first-order chi connectivity index (χ1) is 33.0. The lowest BCUT2D eigenvalue weighted by Gasteiger charge is -2.18. The van der Waals surface area contributed by atoms with E-state index in [9.17, 15) is 14.4 Å². The van der Waals surface area contributed by atoms with E-state index in [2.05, 4.69) is 167 Å². The van der Waals surface area contributed by atoms with Crippen LogP contribution in [-0.4, -0.2) is 37.2 Å². The number of ether oxygens (including phenoxy) is 3. The Bertz CT molecular complexity index is 1530. The third-order valence-electron chi connectivity index (χ3n) is 10.3. The van der Waals surface area contributed by atoms with Gasteiger partial charge in [-0.3, -0.25) is 14.4 Å². The summed E-state index contributed by atoms with van der Waals surface area (Å²) >= 11 is 0. The fourth-order valence-corrected chi connectivity index (χ4v) is 6.46. The van der Waals surface area contributed by atoms with Gasteiger partial charge in [0.1, 0.15) is 13.2 Å². The van der Waals surface area contributed by atoms with Crippen LogP contribution in [0.15, 0.2) is 146 Å². The first kappa shape index (κ1) is 62.3. The Balaban J connectivity index is 4.41. The molecule has 0 amide bonds. The van der Waals surface area contributed by atoms with Crippen molar-refractivity contribution >= 4 is 17.9 Å². The zero-order chi connectivity index (χ0) is 48.6. The van der Waals surface area contributed by atoms with E-state index in [4.69, 9.17) is 14.2 Å². The molecule has 0 aromatic rings. The number of carbonyl (C=O) groups is 3. The minimum atomic E-state index is -0.825. The van der Waals surface area contributed by atoms with Crippen LogP contribution < -0.4 is 0 Å². The molecule has 0 aliphatic heterocycles. The van der Waals surface area contributed by atoms with Gasteiger partial charge in [0.05, 0.1) is 0 Å². The molecular weight excluding hydrogens is 829 g/mol. The quantitative estimate of drug-likeness (QED) is 0.0262. The van der Waals surface area contributed by atoms with Gasteiger partial charge in [-0.25, -0.2) is 0 Å². The van der Waals surface area contributed by atoms with E-state index < -0.39 is 6.10 Å². The van der Waals surface area contributed by atoms with Crippen molar-refractivity contribution < 1.29 is 28.6 Å². The van der Waals surface area contributed by atoms with Gasteiger partial charge >= 0.3 is 17.9 Å². The highest BCUT2D eigenvalue weighted by Gasteiger charge is 2.19. The first-order valence-electron chi connectivity index (χ1n) is 26.3. The Morgan fingerprint density at radius 3 is 0.955 bits per heavy atom. The number of carbonyl (C=O) groups excluding carboxylic acids is 3. The SMILES string of the molecule is CC/C=C\C/C=C\C/C=C\C/C=C\C/C=C\C/C=C\C/C=C\CCCCCC(=O)OCC(COC(=O)CCCCCCCCC)OC(=O)CCC/C=C\C/C=C\C/C=C\C/C=C\C/C=C\CC. The molecule has 0 N–H and O–H groups in total. The molecule has 0 fully saturated rings. The van der Waals surface area contributed by atoms with Crippen molar-refractivity contribution in [1.29, 1.82) is 0 Å². The Hall–Kier alpha value is -4.71. The number of unbranched alkanes of at least 4 members (excludes halogenated alkanes) is 10. The molecule has 0 aromatic heterocycles. The van der Waals surface area contributed by atoms with E-state index in [0.29, 0.717) is 19.3 Å². The summed E-state index contributed by atoms with van der Waals surface area (Å²) in [4.78, 5) is 37.8. The number of hydrogen-bond donors (Lipinski definition) is 0. The zero-order valence-electron chi connectivity index (χ0n) is 42.6. The molecule has 0 spiro atoms. The summed E-state index contributed by atoms with van der Waals surface area (Å²) in [6.07, 6.45) is 77.1. The Labute approximate surface area is 410 Å². The maximum absolute atomic E-state index is 12.7. The van der Waals surface area contributed by atoms with Crippen LogP contribution in [0.4, 0.5) is 0 Å². The second-order valence-electron chi connectivity index (χ2n) is 16.7. The number of hydrogen-bond acceptors (Lipinski definition) is 6. The molecule has 0 aliphatic carbocycles. The lowest BCUT2D eigenvalue weighted by Crippen LogP contribution is -2.30. The fourth-order valence-electron chi connectivity index (χ4n) is 6.46. The maximum atomic E-state index is 12.7. The topological polar surface area (TPSA) is 78.9 Å². The normalized spacial score (nSPS) is 13.3. The lowest BCUT2D eigenvalue weighted by molar-refractivity contribution is -0.167. The van der Waals surface area contributed by atoms with Crippen LogP contribution in [0.5, 0.6) is 0 Å². The molecule has 374 valence electrons. The van der Waals surface area contributed by atoms with E-state index in [1.807, 2.05) is 0 Å². The van der Waals surface area contributed by atoms with Crippen molar-refractivity contribution in [3.8, 4) is 0 Å². The van der Waals surface area contributed by atoms with Gasteiger partial charge in [0, 0.05) is 19.3 Å². The first-order valence-corrected chi connectivity index (χ1v) is 26.3. The van der Waals surface area contributed by atoms with Gasteiger partial charge in [-0.05, 0) is 116 Å². The smallest absolute Gasteiger partial charge is 0.306 e. The van der Waals surface area contributed by atoms with Crippen LogP contribution >= 0.6 is 0 Å². The summed E-state index contributed by atoms with van der Waals surface area (Å²) < 4.78 is 16.6. The highest BCUT2D eigenvalue weighted by Crippen LogP contribution is 2.11.